The normalized spacial score (nSPS) is 15.8. The number of carbonyl (C=O) groups is 1. The van der Waals surface area contributed by atoms with Gasteiger partial charge >= 0.3 is 5.97 Å². The van der Waals surface area contributed by atoms with Gasteiger partial charge in [-0.15, -0.1) is 0 Å². The zero-order valence-electron chi connectivity index (χ0n) is 22.6. The van der Waals surface area contributed by atoms with Gasteiger partial charge in [0.2, 0.25) is 6.79 Å². The Balaban J connectivity index is 1.34. The molecular formula is C31H24I2N2O6S. The first kappa shape index (κ1) is 28.9. The number of allylic oxidation sites excluding steroid dienone is 1. The monoisotopic (exact) mass is 806 g/mol. The second kappa shape index (κ2) is 12.2. The van der Waals surface area contributed by atoms with E-state index in [1.165, 1.54) is 11.3 Å². The molecule has 3 heterocycles. The van der Waals surface area contributed by atoms with E-state index in [1.54, 1.807) is 30.5 Å². The zero-order valence-corrected chi connectivity index (χ0v) is 27.7. The minimum Gasteiger partial charge on any atom is -0.488 e. The van der Waals surface area contributed by atoms with Gasteiger partial charge in [0.25, 0.3) is 5.56 Å². The number of halogens is 2. The zero-order chi connectivity index (χ0) is 29.4. The van der Waals surface area contributed by atoms with E-state index >= 15 is 0 Å². The lowest BCUT2D eigenvalue weighted by Crippen LogP contribution is -2.39. The molecule has 3 aromatic carbocycles. The van der Waals surface area contributed by atoms with E-state index in [0.717, 1.165) is 24.0 Å². The van der Waals surface area contributed by atoms with Crippen molar-refractivity contribution in [2.45, 2.75) is 26.5 Å². The Morgan fingerprint density at radius 3 is 2.64 bits per heavy atom. The lowest BCUT2D eigenvalue weighted by atomic mass is 9.95. The number of aromatic nitrogens is 1. The maximum absolute atomic E-state index is 13.9. The molecule has 0 bridgehead atoms. The van der Waals surface area contributed by atoms with E-state index in [0.29, 0.717) is 44.3 Å². The minimum absolute atomic E-state index is 0.122. The number of fused-ring (bicyclic) bond motifs is 2. The molecule has 0 radical (unpaired) electrons. The first-order valence-corrected chi connectivity index (χ1v) is 16.1. The summed E-state index contributed by atoms with van der Waals surface area (Å²) in [6.45, 7) is 4.28. The quantitative estimate of drug-likeness (QED) is 0.186. The third-order valence-corrected chi connectivity index (χ3v) is 9.29. The van der Waals surface area contributed by atoms with Crippen molar-refractivity contribution in [3.63, 3.8) is 0 Å². The molecule has 6 rings (SSSR count). The van der Waals surface area contributed by atoms with Crippen LogP contribution in [0, 0.1) is 7.14 Å². The largest absolute Gasteiger partial charge is 0.488 e. The average molecular weight is 806 g/mol. The number of rotatable bonds is 7. The molecular weight excluding hydrogens is 782 g/mol. The molecule has 1 atom stereocenters. The highest BCUT2D eigenvalue weighted by molar-refractivity contribution is 14.1. The number of esters is 1. The predicted molar refractivity (Wildman–Crippen MR) is 176 cm³/mol. The Kier molecular flexibility index (Phi) is 8.41. The lowest BCUT2D eigenvalue weighted by molar-refractivity contribution is -0.139. The molecule has 1 aromatic heterocycles. The van der Waals surface area contributed by atoms with Crippen molar-refractivity contribution in [2.75, 3.05) is 13.4 Å². The molecule has 11 heteroatoms. The van der Waals surface area contributed by atoms with Crippen LogP contribution in [0.25, 0.3) is 6.08 Å². The summed E-state index contributed by atoms with van der Waals surface area (Å²) < 4.78 is 26.7. The van der Waals surface area contributed by atoms with E-state index in [4.69, 9.17) is 18.9 Å². The van der Waals surface area contributed by atoms with Crippen LogP contribution in [-0.2, 0) is 16.1 Å². The number of thiazole rings is 1. The SMILES string of the molecule is CCOC(=O)C1=C(C)N=c2s/c(=C\c3ccc(COc4ccc(I)cc4I)cc3)c(=O)n2[C@@H]1c1ccc2c(c1)OCO2. The highest BCUT2D eigenvalue weighted by atomic mass is 127. The maximum Gasteiger partial charge on any atom is 0.338 e. The van der Waals surface area contributed by atoms with Crippen molar-refractivity contribution in [3.8, 4) is 17.2 Å². The van der Waals surface area contributed by atoms with Gasteiger partial charge in [-0.05, 0) is 112 Å². The van der Waals surface area contributed by atoms with Crippen LogP contribution in [0.4, 0.5) is 0 Å². The number of ether oxygens (including phenoxy) is 4. The summed E-state index contributed by atoms with van der Waals surface area (Å²) in [5.74, 6) is 1.52. The summed E-state index contributed by atoms with van der Waals surface area (Å²) >= 11 is 5.84. The Hall–Kier alpha value is -3.17. The molecule has 4 aromatic rings. The van der Waals surface area contributed by atoms with Crippen LogP contribution >= 0.6 is 56.5 Å². The molecule has 8 nitrogen and oxygen atoms in total. The number of benzene rings is 3. The molecule has 0 aliphatic carbocycles. The van der Waals surface area contributed by atoms with Crippen LogP contribution in [0.15, 0.2) is 81.7 Å². The van der Waals surface area contributed by atoms with Crippen molar-refractivity contribution in [1.82, 2.24) is 4.57 Å². The molecule has 0 unspecified atom stereocenters. The van der Waals surface area contributed by atoms with Crippen molar-refractivity contribution in [1.29, 1.82) is 0 Å². The van der Waals surface area contributed by atoms with Crippen LogP contribution in [0.2, 0.25) is 0 Å². The van der Waals surface area contributed by atoms with Gasteiger partial charge in [0.1, 0.15) is 12.4 Å². The molecule has 0 spiro atoms. The average Bonchev–Trinajstić information content (AvgIpc) is 3.56. The van der Waals surface area contributed by atoms with E-state index in [2.05, 4.69) is 56.2 Å². The van der Waals surface area contributed by atoms with Gasteiger partial charge < -0.3 is 18.9 Å². The third kappa shape index (κ3) is 5.73. The number of nitrogens with zero attached hydrogens (tertiary/aromatic N) is 2. The fourth-order valence-electron chi connectivity index (χ4n) is 4.80. The second-order valence-electron chi connectivity index (χ2n) is 9.52. The molecule has 0 N–H and O–H groups in total. The lowest BCUT2D eigenvalue weighted by Gasteiger charge is -2.24. The van der Waals surface area contributed by atoms with Gasteiger partial charge in [0.15, 0.2) is 16.3 Å². The topological polar surface area (TPSA) is 88.4 Å². The van der Waals surface area contributed by atoms with Crippen molar-refractivity contribution >= 4 is 68.6 Å². The Bertz CT molecular complexity index is 1910. The Labute approximate surface area is 272 Å². The summed E-state index contributed by atoms with van der Waals surface area (Å²) in [4.78, 5) is 32.2. The summed E-state index contributed by atoms with van der Waals surface area (Å²) in [6.07, 6.45) is 1.84. The number of carbonyl (C=O) groups excluding carboxylic acids is 1. The van der Waals surface area contributed by atoms with Crippen LogP contribution in [-0.4, -0.2) is 23.9 Å². The first-order chi connectivity index (χ1) is 20.3. The van der Waals surface area contributed by atoms with Gasteiger partial charge in [-0.2, -0.15) is 0 Å². The van der Waals surface area contributed by atoms with Crippen molar-refractivity contribution in [3.05, 3.63) is 115 Å². The van der Waals surface area contributed by atoms with E-state index in [9.17, 15) is 9.59 Å². The van der Waals surface area contributed by atoms with Crippen molar-refractivity contribution < 1.29 is 23.7 Å². The summed E-state index contributed by atoms with van der Waals surface area (Å²) in [7, 11) is 0. The first-order valence-electron chi connectivity index (χ1n) is 13.1. The van der Waals surface area contributed by atoms with E-state index < -0.39 is 12.0 Å². The number of hydrogen-bond acceptors (Lipinski definition) is 8. The van der Waals surface area contributed by atoms with E-state index in [-0.39, 0.29) is 19.0 Å². The molecule has 2 aliphatic rings. The third-order valence-electron chi connectivity index (χ3n) is 6.80. The molecule has 2 aliphatic heterocycles. The summed E-state index contributed by atoms with van der Waals surface area (Å²) in [6, 6.07) is 18.7. The molecule has 0 saturated heterocycles. The molecule has 0 saturated carbocycles. The standard InChI is InChI=1S/C31H24I2N2O6S/c1-3-38-30(37)27-17(2)34-31-35(28(27)20-8-10-24-25(13-20)41-16-40-24)29(36)26(42-31)12-18-4-6-19(7-5-18)15-39-23-11-9-21(32)14-22(23)33/h4-14,28H,3,15-16H2,1-2H3/b26-12-/t28-/m1/s1. The summed E-state index contributed by atoms with van der Waals surface area (Å²) in [5, 5.41) is 0. The van der Waals surface area contributed by atoms with Gasteiger partial charge in [-0.1, -0.05) is 41.7 Å². The Morgan fingerprint density at radius 1 is 1.10 bits per heavy atom. The smallest absolute Gasteiger partial charge is 0.338 e. The van der Waals surface area contributed by atoms with Gasteiger partial charge in [0.05, 0.1) is 32.0 Å². The highest BCUT2D eigenvalue weighted by Gasteiger charge is 2.34. The second-order valence-corrected chi connectivity index (χ2v) is 12.9. The van der Waals surface area contributed by atoms with Gasteiger partial charge in [-0.3, -0.25) is 9.36 Å². The van der Waals surface area contributed by atoms with Crippen LogP contribution in [0.3, 0.4) is 0 Å². The summed E-state index contributed by atoms with van der Waals surface area (Å²) in [5.41, 5.74) is 3.18. The fourth-order valence-corrected chi connectivity index (χ4v) is 7.61. The minimum atomic E-state index is -0.722. The maximum atomic E-state index is 13.9. The van der Waals surface area contributed by atoms with Crippen molar-refractivity contribution in [2.24, 2.45) is 4.99 Å². The van der Waals surface area contributed by atoms with Gasteiger partial charge in [-0.25, -0.2) is 9.79 Å². The molecule has 0 amide bonds. The van der Waals surface area contributed by atoms with E-state index in [1.807, 2.05) is 48.5 Å². The molecule has 0 fully saturated rings. The highest BCUT2D eigenvalue weighted by Crippen LogP contribution is 2.38. The van der Waals surface area contributed by atoms with Crippen LogP contribution in [0.1, 0.15) is 36.6 Å². The molecule has 42 heavy (non-hydrogen) atoms. The Morgan fingerprint density at radius 2 is 1.88 bits per heavy atom. The number of hydrogen-bond donors (Lipinski definition) is 0. The van der Waals surface area contributed by atoms with Gasteiger partial charge in [0, 0.05) is 3.57 Å². The predicted octanol–water partition coefficient (Wildman–Crippen LogP) is 5.32. The fraction of sp³-hybridized carbons (Fsp3) is 0.194. The molecule has 214 valence electrons. The van der Waals surface area contributed by atoms with Crippen LogP contribution in [0.5, 0.6) is 17.2 Å². The van der Waals surface area contributed by atoms with Crippen LogP contribution < -0.4 is 29.1 Å².